The maximum Gasteiger partial charge on any atom is 0.342 e. The Kier molecular flexibility index (Phi) is 3.23. The Morgan fingerprint density at radius 2 is 1.84 bits per heavy atom. The third-order valence-corrected chi connectivity index (χ3v) is 12.9. The van der Waals surface area contributed by atoms with E-state index in [1.54, 1.807) is 13.0 Å². The molecule has 4 heterocycles. The molecule has 0 radical (unpaired) electrons. The molecule has 196 valence electrons. The number of allylic oxidation sites excluding steroid dienone is 4. The van der Waals surface area contributed by atoms with Crippen molar-refractivity contribution in [2.45, 2.75) is 80.7 Å². The minimum Gasteiger partial charge on any atom is -0.458 e. The van der Waals surface area contributed by atoms with E-state index in [1.807, 2.05) is 19.9 Å². The van der Waals surface area contributed by atoms with E-state index in [2.05, 4.69) is 6.08 Å². The lowest BCUT2D eigenvalue weighted by Gasteiger charge is -2.66. The van der Waals surface area contributed by atoms with E-state index in [1.165, 1.54) is 0 Å². The molecule has 9 rings (SSSR count). The summed E-state index contributed by atoms with van der Waals surface area (Å²) < 4.78 is 25.6. The normalized spacial score (nSPS) is 65.0. The molecular weight excluding hydrogens is 480 g/mol. The number of ketones is 1. The lowest BCUT2D eigenvalue weighted by atomic mass is 9.39. The number of hydrogen-bond donors (Lipinski definition) is 2. The smallest absolute Gasteiger partial charge is 0.342 e. The first kappa shape index (κ1) is 21.8. The fourth-order valence-corrected chi connectivity index (χ4v) is 11.6. The molecule has 0 aromatic carbocycles. The van der Waals surface area contributed by atoms with Gasteiger partial charge in [-0.15, -0.1) is 0 Å². The Hall–Kier alpha value is -2.07. The minimum atomic E-state index is -2.09. The van der Waals surface area contributed by atoms with Gasteiger partial charge >= 0.3 is 11.9 Å². The van der Waals surface area contributed by atoms with E-state index in [9.17, 15) is 24.6 Å². The minimum absolute atomic E-state index is 0.00202. The molecule has 5 aliphatic carbocycles. The summed E-state index contributed by atoms with van der Waals surface area (Å²) >= 11 is 0. The van der Waals surface area contributed by atoms with Crippen molar-refractivity contribution >= 4 is 17.7 Å². The summed E-state index contributed by atoms with van der Waals surface area (Å²) in [5.41, 5.74) is -7.71. The first-order valence-electron chi connectivity index (χ1n) is 13.5. The molecule has 6 bridgehead atoms. The van der Waals surface area contributed by atoms with Crippen LogP contribution in [0.2, 0.25) is 0 Å². The second-order valence-electron chi connectivity index (χ2n) is 13.7. The Labute approximate surface area is 213 Å². The van der Waals surface area contributed by atoms with Crippen molar-refractivity contribution in [3.8, 4) is 0 Å². The maximum absolute atomic E-state index is 13.7. The van der Waals surface area contributed by atoms with E-state index in [-0.39, 0.29) is 18.8 Å². The zero-order valence-electron chi connectivity index (χ0n) is 21.0. The molecule has 37 heavy (non-hydrogen) atoms. The fourth-order valence-electron chi connectivity index (χ4n) is 11.6. The third kappa shape index (κ3) is 1.65. The van der Waals surface area contributed by atoms with E-state index in [0.717, 1.165) is 5.57 Å². The number of ether oxygens (including phenoxy) is 4. The van der Waals surface area contributed by atoms with Crippen molar-refractivity contribution in [1.82, 2.24) is 0 Å². The first-order valence-corrected chi connectivity index (χ1v) is 13.5. The molecule has 2 N–H and O–H groups in total. The number of hydrogen-bond acceptors (Lipinski definition) is 9. The van der Waals surface area contributed by atoms with Gasteiger partial charge in [0.15, 0.2) is 22.6 Å². The van der Waals surface area contributed by atoms with Crippen LogP contribution in [0.1, 0.15) is 46.5 Å². The molecule has 0 aromatic heterocycles. The summed E-state index contributed by atoms with van der Waals surface area (Å²) in [5, 5.41) is 25.7. The Morgan fingerprint density at radius 1 is 1.05 bits per heavy atom. The molecule has 3 saturated carbocycles. The Balaban J connectivity index is 1.39. The third-order valence-electron chi connectivity index (χ3n) is 12.9. The lowest BCUT2D eigenvalue weighted by Crippen LogP contribution is -2.82. The van der Waals surface area contributed by atoms with Gasteiger partial charge < -0.3 is 29.2 Å². The zero-order chi connectivity index (χ0) is 25.8. The highest BCUT2D eigenvalue weighted by Gasteiger charge is 3.01. The van der Waals surface area contributed by atoms with Gasteiger partial charge in [-0.3, -0.25) is 9.59 Å². The van der Waals surface area contributed by atoms with Crippen LogP contribution in [0, 0.1) is 40.4 Å². The van der Waals surface area contributed by atoms with Gasteiger partial charge in [0.05, 0.1) is 17.9 Å². The molecular formula is C28H30O9. The van der Waals surface area contributed by atoms with Gasteiger partial charge in [-0.05, 0) is 56.9 Å². The van der Waals surface area contributed by atoms with Gasteiger partial charge in [0.2, 0.25) is 5.79 Å². The van der Waals surface area contributed by atoms with Crippen LogP contribution in [-0.2, 0) is 33.3 Å². The van der Waals surface area contributed by atoms with Crippen LogP contribution in [0.15, 0.2) is 23.8 Å². The van der Waals surface area contributed by atoms with Crippen LogP contribution in [0.3, 0.4) is 0 Å². The molecule has 7 fully saturated rings. The van der Waals surface area contributed by atoms with Crippen LogP contribution in [0.4, 0.5) is 0 Å². The summed E-state index contributed by atoms with van der Waals surface area (Å²) in [6.45, 7) is 5.53. The SMILES string of the molecule is C[C@]12C(=O)C=CCC1=CC[C@@H]1[C@@H]2[C@H]2C[C@]3(O)C(=O)O[C@@]4(C)[C@H]5C[C@@]6(C)[C@@H]7[C@@]2(O)[C@@]1(OC[C@H]6C(=O)O5)O[C@@]743. The molecule has 0 unspecified atom stereocenters. The number of esters is 2. The second kappa shape index (κ2) is 5.48. The monoisotopic (exact) mass is 510 g/mol. The second-order valence-corrected chi connectivity index (χ2v) is 13.7. The maximum atomic E-state index is 13.7. The van der Waals surface area contributed by atoms with Crippen molar-refractivity contribution in [2.75, 3.05) is 6.61 Å². The molecule has 0 aromatic rings. The van der Waals surface area contributed by atoms with Gasteiger partial charge in [-0.25, -0.2) is 4.79 Å². The van der Waals surface area contributed by atoms with Gasteiger partial charge in [-0.2, -0.15) is 0 Å². The lowest BCUT2D eigenvalue weighted by molar-refractivity contribution is -0.372. The predicted molar refractivity (Wildman–Crippen MR) is 121 cm³/mol. The first-order chi connectivity index (χ1) is 17.4. The average Bonchev–Trinajstić information content (AvgIpc) is 3.21. The van der Waals surface area contributed by atoms with E-state index in [0.29, 0.717) is 19.3 Å². The predicted octanol–water partition coefficient (Wildman–Crippen LogP) is 0.959. The highest BCUT2D eigenvalue weighted by Crippen LogP contribution is 2.85. The van der Waals surface area contributed by atoms with Crippen molar-refractivity contribution in [3.63, 3.8) is 0 Å². The van der Waals surface area contributed by atoms with Crippen molar-refractivity contribution in [1.29, 1.82) is 0 Å². The molecule has 9 aliphatic rings. The van der Waals surface area contributed by atoms with Crippen LogP contribution < -0.4 is 0 Å². The van der Waals surface area contributed by atoms with E-state index >= 15 is 0 Å². The highest BCUT2D eigenvalue weighted by molar-refractivity contribution is 5.99. The van der Waals surface area contributed by atoms with Gasteiger partial charge in [0.1, 0.15) is 11.7 Å². The molecule has 1 spiro atoms. The number of rotatable bonds is 0. The van der Waals surface area contributed by atoms with Crippen LogP contribution in [0.25, 0.3) is 0 Å². The molecule has 13 atom stereocenters. The van der Waals surface area contributed by atoms with Crippen LogP contribution in [-0.4, -0.2) is 68.8 Å². The molecule has 4 saturated heterocycles. The Morgan fingerprint density at radius 3 is 2.62 bits per heavy atom. The van der Waals surface area contributed by atoms with E-state index < -0.39 is 86.7 Å². The van der Waals surface area contributed by atoms with Crippen molar-refractivity contribution in [3.05, 3.63) is 23.8 Å². The zero-order valence-corrected chi connectivity index (χ0v) is 21.0. The summed E-state index contributed by atoms with van der Waals surface area (Å²) in [7, 11) is 0. The van der Waals surface area contributed by atoms with Gasteiger partial charge in [-0.1, -0.05) is 24.6 Å². The highest BCUT2D eigenvalue weighted by atomic mass is 16.8. The summed E-state index contributed by atoms with van der Waals surface area (Å²) in [6.07, 6.45) is 6.15. The molecule has 4 aliphatic heterocycles. The fraction of sp³-hybridized carbons (Fsp3) is 0.750. The van der Waals surface area contributed by atoms with Crippen LogP contribution in [0.5, 0.6) is 0 Å². The summed E-state index contributed by atoms with van der Waals surface area (Å²) in [6, 6.07) is 0. The number of fused-ring (bicyclic) bond motifs is 6. The van der Waals surface area contributed by atoms with Crippen molar-refractivity contribution in [2.24, 2.45) is 40.4 Å². The summed E-state index contributed by atoms with van der Waals surface area (Å²) in [5.74, 6) is -5.97. The number of carbonyl (C=O) groups excluding carboxylic acids is 3. The topological polar surface area (TPSA) is 129 Å². The largest absolute Gasteiger partial charge is 0.458 e. The van der Waals surface area contributed by atoms with Gasteiger partial charge in [0.25, 0.3) is 0 Å². The molecule has 0 amide bonds. The van der Waals surface area contributed by atoms with Gasteiger partial charge in [0, 0.05) is 17.8 Å². The van der Waals surface area contributed by atoms with Crippen molar-refractivity contribution < 1.29 is 43.5 Å². The number of carbonyl (C=O) groups is 3. The molecule has 9 heteroatoms. The quantitative estimate of drug-likeness (QED) is 0.362. The number of aliphatic hydroxyl groups is 2. The standard InChI is InChI=1S/C28H30O9/c1-22-10-17-24(3)27-20(22)26(33)14(9-25(27,32)21(31)36-24)18-13(8-7-12-5-4-6-16(29)23(12,18)2)28(26,37-27)34-11-15(22)19(30)35-17/h4,6-7,13-15,17-18,20,32-33H,5,8-11H2,1-3H3/t13-,14-,15+,17-,18-,20-,22-,23-,24+,25+,26-,27+,28+/m1/s1. The van der Waals surface area contributed by atoms with Crippen LogP contribution >= 0.6 is 0 Å². The average molecular weight is 511 g/mol. The molecule has 9 nitrogen and oxygen atoms in total. The summed E-state index contributed by atoms with van der Waals surface area (Å²) in [4.78, 5) is 40.7. The van der Waals surface area contributed by atoms with E-state index in [4.69, 9.17) is 18.9 Å². The Bertz CT molecular complexity index is 1340.